The molecule has 2 heterocycles. The van der Waals surface area contributed by atoms with Gasteiger partial charge in [-0.3, -0.25) is 4.79 Å². The smallest absolute Gasteiger partial charge is 0.257 e. The summed E-state index contributed by atoms with van der Waals surface area (Å²) in [5.74, 6) is -2.03. The van der Waals surface area contributed by atoms with Gasteiger partial charge in [0.25, 0.3) is 11.8 Å². The molecule has 1 aromatic carbocycles. The molecule has 8 heteroatoms. The van der Waals surface area contributed by atoms with E-state index in [1.807, 2.05) is 6.07 Å². The van der Waals surface area contributed by atoms with Crippen LogP contribution in [0.4, 0.5) is 14.6 Å². The van der Waals surface area contributed by atoms with Crippen LogP contribution in [0.3, 0.4) is 0 Å². The Hall–Kier alpha value is -2.41. The molecule has 2 aromatic rings. The van der Waals surface area contributed by atoms with Crippen LogP contribution in [0.15, 0.2) is 42.6 Å². The number of amides is 1. The standard InChI is InChI=1S/C23H26ClF2N3O2/c24-16-9-10-21(27-14-16)28-15-17-13-23(25,26)11-12-29(17)22(30)19-7-3-4-8-20(19)31-18-5-1-2-6-18/h3-4,7-10,14,17-18H,1-2,5-6,11-13,15H2,(H,27,28)/t17-/m0/s1. The maximum Gasteiger partial charge on any atom is 0.257 e. The van der Waals surface area contributed by atoms with Crippen molar-refractivity contribution >= 4 is 23.3 Å². The highest BCUT2D eigenvalue weighted by molar-refractivity contribution is 6.30. The minimum absolute atomic E-state index is 0.00993. The number of para-hydroxylation sites is 1. The quantitative estimate of drug-likeness (QED) is 0.640. The number of rotatable bonds is 6. The first kappa shape index (κ1) is 21.8. The molecule has 1 aromatic heterocycles. The van der Waals surface area contributed by atoms with Crippen molar-refractivity contribution in [3.05, 3.63) is 53.2 Å². The van der Waals surface area contributed by atoms with Crippen molar-refractivity contribution in [1.29, 1.82) is 0 Å². The Morgan fingerprint density at radius 1 is 1.23 bits per heavy atom. The summed E-state index contributed by atoms with van der Waals surface area (Å²) in [5, 5.41) is 3.55. The van der Waals surface area contributed by atoms with Crippen molar-refractivity contribution in [1.82, 2.24) is 9.88 Å². The number of halogens is 3. The van der Waals surface area contributed by atoms with Crippen molar-refractivity contribution < 1.29 is 18.3 Å². The van der Waals surface area contributed by atoms with E-state index in [1.165, 1.54) is 11.1 Å². The minimum Gasteiger partial charge on any atom is -0.490 e. The van der Waals surface area contributed by atoms with Gasteiger partial charge in [0.15, 0.2) is 0 Å². The molecule has 166 valence electrons. The Balaban J connectivity index is 1.51. The monoisotopic (exact) mass is 449 g/mol. The molecule has 31 heavy (non-hydrogen) atoms. The molecule has 0 spiro atoms. The molecule has 0 unspecified atom stereocenters. The average Bonchev–Trinajstić information content (AvgIpc) is 3.26. The molecule has 1 aliphatic carbocycles. The van der Waals surface area contributed by atoms with Gasteiger partial charge in [-0.2, -0.15) is 0 Å². The maximum absolute atomic E-state index is 14.2. The normalized spacial score (nSPS) is 21.1. The van der Waals surface area contributed by atoms with E-state index in [0.29, 0.717) is 22.2 Å². The van der Waals surface area contributed by atoms with Crippen molar-refractivity contribution in [2.24, 2.45) is 0 Å². The van der Waals surface area contributed by atoms with E-state index in [9.17, 15) is 13.6 Å². The summed E-state index contributed by atoms with van der Waals surface area (Å²) in [6, 6.07) is 9.79. The summed E-state index contributed by atoms with van der Waals surface area (Å²) in [6.45, 7) is 0.158. The van der Waals surface area contributed by atoms with E-state index in [4.69, 9.17) is 16.3 Å². The number of pyridine rings is 1. The molecule has 1 amide bonds. The summed E-state index contributed by atoms with van der Waals surface area (Å²) in [4.78, 5) is 19.1. The molecule has 0 radical (unpaired) electrons. The minimum atomic E-state index is -2.81. The number of hydrogen-bond acceptors (Lipinski definition) is 4. The van der Waals surface area contributed by atoms with Crippen LogP contribution in [0, 0.1) is 0 Å². The SMILES string of the molecule is O=C(c1ccccc1OC1CCCC1)N1CCC(F)(F)C[C@H]1CNc1ccc(Cl)cn1. The van der Waals surface area contributed by atoms with Gasteiger partial charge < -0.3 is 15.0 Å². The number of ether oxygens (including phenoxy) is 1. The predicted molar refractivity (Wildman–Crippen MR) is 116 cm³/mol. The van der Waals surface area contributed by atoms with Crippen molar-refractivity contribution in [3.8, 4) is 5.75 Å². The Bertz CT molecular complexity index is 904. The molecule has 1 aliphatic heterocycles. The Labute approximate surface area is 185 Å². The highest BCUT2D eigenvalue weighted by atomic mass is 35.5. The van der Waals surface area contributed by atoms with Gasteiger partial charge in [0, 0.05) is 32.1 Å². The number of anilines is 1. The lowest BCUT2D eigenvalue weighted by Crippen LogP contribution is -2.52. The van der Waals surface area contributed by atoms with Gasteiger partial charge in [-0.15, -0.1) is 0 Å². The van der Waals surface area contributed by atoms with E-state index in [0.717, 1.165) is 25.7 Å². The second kappa shape index (κ2) is 9.39. The molecular formula is C23H26ClF2N3O2. The molecule has 2 fully saturated rings. The number of hydrogen-bond donors (Lipinski definition) is 1. The number of benzene rings is 1. The van der Waals surface area contributed by atoms with Crippen LogP contribution in [0.1, 0.15) is 48.9 Å². The molecule has 5 nitrogen and oxygen atoms in total. The number of piperidine rings is 1. The topological polar surface area (TPSA) is 54.5 Å². The van der Waals surface area contributed by atoms with Crippen LogP contribution < -0.4 is 10.1 Å². The van der Waals surface area contributed by atoms with Gasteiger partial charge in [-0.05, 0) is 49.9 Å². The molecule has 1 N–H and O–H groups in total. The lowest BCUT2D eigenvalue weighted by atomic mass is 9.97. The van der Waals surface area contributed by atoms with Crippen LogP contribution in [-0.2, 0) is 0 Å². The van der Waals surface area contributed by atoms with Crippen molar-refractivity contribution in [3.63, 3.8) is 0 Å². The van der Waals surface area contributed by atoms with E-state index < -0.39 is 18.4 Å². The first-order chi connectivity index (χ1) is 14.9. The average molecular weight is 450 g/mol. The Morgan fingerprint density at radius 2 is 2.00 bits per heavy atom. The van der Waals surface area contributed by atoms with Crippen LogP contribution in [0.2, 0.25) is 5.02 Å². The summed E-state index contributed by atoms with van der Waals surface area (Å²) < 4.78 is 34.5. The van der Waals surface area contributed by atoms with Crippen molar-refractivity contribution in [2.45, 2.75) is 56.6 Å². The molecular weight excluding hydrogens is 424 g/mol. The molecule has 2 aliphatic rings. The second-order valence-electron chi connectivity index (χ2n) is 8.23. The number of alkyl halides is 2. The first-order valence-corrected chi connectivity index (χ1v) is 11.1. The van der Waals surface area contributed by atoms with Gasteiger partial charge in [0.1, 0.15) is 11.6 Å². The highest BCUT2D eigenvalue weighted by Gasteiger charge is 2.42. The van der Waals surface area contributed by atoms with Crippen molar-refractivity contribution in [2.75, 3.05) is 18.4 Å². The van der Waals surface area contributed by atoms with E-state index in [-0.39, 0.29) is 31.5 Å². The van der Waals surface area contributed by atoms with E-state index in [1.54, 1.807) is 30.3 Å². The molecule has 0 bridgehead atoms. The first-order valence-electron chi connectivity index (χ1n) is 10.7. The third kappa shape index (κ3) is 5.45. The number of carbonyl (C=O) groups excluding carboxylic acids is 1. The third-order valence-corrected chi connectivity index (χ3v) is 6.14. The van der Waals surface area contributed by atoms with Crippen LogP contribution in [0.5, 0.6) is 5.75 Å². The van der Waals surface area contributed by atoms with Crippen LogP contribution in [0.25, 0.3) is 0 Å². The fourth-order valence-electron chi connectivity index (χ4n) is 4.26. The lowest BCUT2D eigenvalue weighted by molar-refractivity contribution is -0.0674. The molecule has 1 atom stereocenters. The zero-order valence-corrected chi connectivity index (χ0v) is 18.0. The second-order valence-corrected chi connectivity index (χ2v) is 8.66. The molecule has 1 saturated carbocycles. The Kier molecular flexibility index (Phi) is 6.60. The molecule has 1 saturated heterocycles. The number of likely N-dealkylation sites (tertiary alicyclic amines) is 1. The number of nitrogens with zero attached hydrogens (tertiary/aromatic N) is 2. The largest absolute Gasteiger partial charge is 0.490 e. The summed E-state index contributed by atoms with van der Waals surface area (Å²) >= 11 is 5.85. The fraction of sp³-hybridized carbons (Fsp3) is 0.478. The summed E-state index contributed by atoms with van der Waals surface area (Å²) in [7, 11) is 0. The van der Waals surface area contributed by atoms with E-state index >= 15 is 0 Å². The van der Waals surface area contributed by atoms with Gasteiger partial charge >= 0.3 is 0 Å². The van der Waals surface area contributed by atoms with Gasteiger partial charge in [0.05, 0.1) is 22.7 Å². The number of carbonyl (C=O) groups is 1. The zero-order valence-electron chi connectivity index (χ0n) is 17.2. The van der Waals surface area contributed by atoms with Crippen LogP contribution in [-0.4, -0.2) is 46.9 Å². The Morgan fingerprint density at radius 3 is 2.74 bits per heavy atom. The predicted octanol–water partition coefficient (Wildman–Crippen LogP) is 5.41. The lowest BCUT2D eigenvalue weighted by Gasteiger charge is -2.39. The maximum atomic E-state index is 14.2. The van der Waals surface area contributed by atoms with Gasteiger partial charge in [0.2, 0.25) is 0 Å². The number of aromatic nitrogens is 1. The van der Waals surface area contributed by atoms with Gasteiger partial charge in [-0.1, -0.05) is 23.7 Å². The van der Waals surface area contributed by atoms with Gasteiger partial charge in [-0.25, -0.2) is 13.8 Å². The zero-order chi connectivity index (χ0) is 21.8. The summed E-state index contributed by atoms with van der Waals surface area (Å²) in [5.41, 5.74) is 0.425. The molecule has 4 rings (SSSR count). The highest BCUT2D eigenvalue weighted by Crippen LogP contribution is 2.34. The number of nitrogens with one attached hydrogen (secondary N) is 1. The van der Waals surface area contributed by atoms with E-state index in [2.05, 4.69) is 10.3 Å². The summed E-state index contributed by atoms with van der Waals surface area (Å²) in [6.07, 6.45) is 5.03. The fourth-order valence-corrected chi connectivity index (χ4v) is 4.37. The van der Waals surface area contributed by atoms with Crippen LogP contribution >= 0.6 is 11.6 Å². The third-order valence-electron chi connectivity index (χ3n) is 5.91.